The van der Waals surface area contributed by atoms with Gasteiger partial charge in [0.05, 0.1) is 6.26 Å². The van der Waals surface area contributed by atoms with Crippen molar-refractivity contribution >= 4 is 11.0 Å². The SMILES string of the molecule is C[n+]1ccc(-c2coc3ccccc23)cc1. The van der Waals surface area contributed by atoms with Gasteiger partial charge in [-0.25, -0.2) is 4.57 Å². The van der Waals surface area contributed by atoms with Crippen molar-refractivity contribution in [2.75, 3.05) is 0 Å². The van der Waals surface area contributed by atoms with Crippen LogP contribution in [0.5, 0.6) is 0 Å². The fourth-order valence-corrected chi connectivity index (χ4v) is 1.88. The lowest BCUT2D eigenvalue weighted by molar-refractivity contribution is -0.671. The second kappa shape index (κ2) is 3.49. The van der Waals surface area contributed by atoms with Crippen LogP contribution in [-0.2, 0) is 7.05 Å². The van der Waals surface area contributed by atoms with Gasteiger partial charge in [-0.05, 0) is 11.6 Å². The summed E-state index contributed by atoms with van der Waals surface area (Å²) >= 11 is 0. The summed E-state index contributed by atoms with van der Waals surface area (Å²) in [5, 5.41) is 1.16. The number of hydrogen-bond acceptors (Lipinski definition) is 1. The monoisotopic (exact) mass is 210 g/mol. The highest BCUT2D eigenvalue weighted by atomic mass is 16.3. The number of hydrogen-bond donors (Lipinski definition) is 0. The van der Waals surface area contributed by atoms with Crippen LogP contribution in [0, 0.1) is 0 Å². The maximum atomic E-state index is 5.53. The number of fused-ring (bicyclic) bond motifs is 1. The molecule has 2 heterocycles. The summed E-state index contributed by atoms with van der Waals surface area (Å²) in [7, 11) is 2.01. The number of rotatable bonds is 1. The van der Waals surface area contributed by atoms with Crippen LogP contribution in [0.3, 0.4) is 0 Å². The largest absolute Gasteiger partial charge is 0.464 e. The fourth-order valence-electron chi connectivity index (χ4n) is 1.88. The van der Waals surface area contributed by atoms with Gasteiger partial charge in [-0.15, -0.1) is 0 Å². The minimum absolute atomic E-state index is 0.936. The summed E-state index contributed by atoms with van der Waals surface area (Å²) in [5.74, 6) is 0. The van der Waals surface area contributed by atoms with Gasteiger partial charge >= 0.3 is 0 Å². The van der Waals surface area contributed by atoms with Crippen LogP contribution in [0.15, 0.2) is 59.5 Å². The maximum absolute atomic E-state index is 5.53. The molecule has 2 nitrogen and oxygen atoms in total. The Hall–Kier alpha value is -2.09. The molecule has 0 saturated carbocycles. The van der Waals surface area contributed by atoms with Crippen molar-refractivity contribution in [3.63, 3.8) is 0 Å². The highest BCUT2D eigenvalue weighted by Gasteiger charge is 2.07. The van der Waals surface area contributed by atoms with Gasteiger partial charge in [0.15, 0.2) is 12.4 Å². The quantitative estimate of drug-likeness (QED) is 0.564. The minimum atomic E-state index is 0.936. The molecule has 0 aliphatic rings. The van der Waals surface area contributed by atoms with Crippen LogP contribution in [0.2, 0.25) is 0 Å². The van der Waals surface area contributed by atoms with Gasteiger partial charge in [0.25, 0.3) is 0 Å². The average molecular weight is 210 g/mol. The number of nitrogens with zero attached hydrogens (tertiary/aromatic N) is 1. The molecule has 3 rings (SSSR count). The molecule has 1 aromatic carbocycles. The number of benzene rings is 1. The van der Waals surface area contributed by atoms with Crippen molar-refractivity contribution in [1.29, 1.82) is 0 Å². The smallest absolute Gasteiger partial charge is 0.169 e. The Morgan fingerprint density at radius 1 is 1.00 bits per heavy atom. The van der Waals surface area contributed by atoms with Crippen LogP contribution in [0.1, 0.15) is 0 Å². The van der Waals surface area contributed by atoms with Crippen LogP contribution in [0.4, 0.5) is 0 Å². The summed E-state index contributed by atoms with van der Waals surface area (Å²) in [4.78, 5) is 0. The minimum Gasteiger partial charge on any atom is -0.464 e. The lowest BCUT2D eigenvalue weighted by Crippen LogP contribution is -2.25. The molecule has 0 atom stereocenters. The Balaban J connectivity index is 2.22. The van der Waals surface area contributed by atoms with Gasteiger partial charge < -0.3 is 4.42 Å². The first-order chi connectivity index (χ1) is 7.84. The number of para-hydroxylation sites is 1. The van der Waals surface area contributed by atoms with Crippen molar-refractivity contribution in [3.05, 3.63) is 55.1 Å². The summed E-state index contributed by atoms with van der Waals surface area (Å²) in [5.41, 5.74) is 3.27. The molecule has 0 aliphatic carbocycles. The molecule has 0 bridgehead atoms. The molecule has 3 aromatic rings. The van der Waals surface area contributed by atoms with Gasteiger partial charge in [0, 0.05) is 23.1 Å². The van der Waals surface area contributed by atoms with Gasteiger partial charge in [0.2, 0.25) is 0 Å². The Kier molecular flexibility index (Phi) is 2.00. The Morgan fingerprint density at radius 3 is 2.56 bits per heavy atom. The fraction of sp³-hybridized carbons (Fsp3) is 0.0714. The average Bonchev–Trinajstić information content (AvgIpc) is 2.74. The predicted octanol–water partition coefficient (Wildman–Crippen LogP) is 2.92. The molecular formula is C14H12NO+. The van der Waals surface area contributed by atoms with E-state index in [2.05, 4.69) is 18.2 Å². The molecule has 0 aliphatic heterocycles. The van der Waals surface area contributed by atoms with E-state index >= 15 is 0 Å². The third-order valence-electron chi connectivity index (χ3n) is 2.77. The first kappa shape index (κ1) is 9.16. The number of aromatic nitrogens is 1. The zero-order chi connectivity index (χ0) is 11.0. The topological polar surface area (TPSA) is 17.0 Å². The Labute approximate surface area is 93.8 Å². The van der Waals surface area contributed by atoms with E-state index in [9.17, 15) is 0 Å². The van der Waals surface area contributed by atoms with E-state index < -0.39 is 0 Å². The second-order valence-electron chi connectivity index (χ2n) is 3.90. The zero-order valence-corrected chi connectivity index (χ0v) is 9.05. The third-order valence-corrected chi connectivity index (χ3v) is 2.77. The van der Waals surface area contributed by atoms with E-state index in [1.807, 2.05) is 48.5 Å². The van der Waals surface area contributed by atoms with Gasteiger partial charge in [-0.1, -0.05) is 18.2 Å². The van der Waals surface area contributed by atoms with Crippen molar-refractivity contribution in [2.45, 2.75) is 0 Å². The lowest BCUT2D eigenvalue weighted by atomic mass is 10.1. The zero-order valence-electron chi connectivity index (χ0n) is 9.05. The molecule has 0 saturated heterocycles. The van der Waals surface area contributed by atoms with Gasteiger partial charge in [-0.3, -0.25) is 0 Å². The molecule has 0 radical (unpaired) electrons. The van der Waals surface area contributed by atoms with Crippen LogP contribution in [-0.4, -0.2) is 0 Å². The Bertz CT molecular complexity index is 623. The summed E-state index contributed by atoms with van der Waals surface area (Å²) in [6.45, 7) is 0. The number of pyridine rings is 1. The normalized spacial score (nSPS) is 10.8. The molecule has 2 heteroatoms. The van der Waals surface area contributed by atoms with Crippen LogP contribution in [0.25, 0.3) is 22.1 Å². The number of furan rings is 1. The maximum Gasteiger partial charge on any atom is 0.169 e. The highest BCUT2D eigenvalue weighted by molar-refractivity contribution is 5.93. The van der Waals surface area contributed by atoms with Crippen molar-refractivity contribution < 1.29 is 8.98 Å². The first-order valence-corrected chi connectivity index (χ1v) is 5.26. The van der Waals surface area contributed by atoms with E-state index in [4.69, 9.17) is 4.42 Å². The van der Waals surface area contributed by atoms with Crippen molar-refractivity contribution in [1.82, 2.24) is 0 Å². The molecule has 2 aromatic heterocycles. The van der Waals surface area contributed by atoms with Crippen LogP contribution >= 0.6 is 0 Å². The van der Waals surface area contributed by atoms with Gasteiger partial charge in [-0.2, -0.15) is 0 Å². The molecule has 0 fully saturated rings. The van der Waals surface area contributed by atoms with Crippen molar-refractivity contribution in [3.8, 4) is 11.1 Å². The van der Waals surface area contributed by atoms with E-state index in [0.717, 1.165) is 16.5 Å². The van der Waals surface area contributed by atoms with E-state index in [-0.39, 0.29) is 0 Å². The summed E-state index contributed by atoms with van der Waals surface area (Å²) < 4.78 is 7.55. The van der Waals surface area contributed by atoms with Gasteiger partial charge in [0.1, 0.15) is 12.6 Å². The molecule has 16 heavy (non-hydrogen) atoms. The van der Waals surface area contributed by atoms with Crippen molar-refractivity contribution in [2.24, 2.45) is 7.05 Å². The predicted molar refractivity (Wildman–Crippen MR) is 62.8 cm³/mol. The molecule has 0 unspecified atom stereocenters. The number of aryl methyl sites for hydroxylation is 1. The molecule has 78 valence electrons. The van der Waals surface area contributed by atoms with E-state index in [0.29, 0.717) is 0 Å². The summed E-state index contributed by atoms with van der Waals surface area (Å²) in [6.07, 6.45) is 5.90. The van der Waals surface area contributed by atoms with E-state index in [1.54, 1.807) is 0 Å². The highest BCUT2D eigenvalue weighted by Crippen LogP contribution is 2.29. The Morgan fingerprint density at radius 2 is 1.75 bits per heavy atom. The lowest BCUT2D eigenvalue weighted by Gasteiger charge is -1.96. The molecule has 0 amide bonds. The first-order valence-electron chi connectivity index (χ1n) is 5.26. The summed E-state index contributed by atoms with van der Waals surface area (Å²) in [6, 6.07) is 12.3. The molecular weight excluding hydrogens is 198 g/mol. The second-order valence-corrected chi connectivity index (χ2v) is 3.90. The third kappa shape index (κ3) is 1.39. The standard InChI is InChI=1S/C14H12NO/c1-15-8-6-11(7-9-15)13-10-16-14-5-3-2-4-12(13)14/h2-10H,1H3/q+1. The molecule has 0 spiro atoms. The van der Waals surface area contributed by atoms with E-state index in [1.165, 1.54) is 5.56 Å². The molecule has 0 N–H and O–H groups in total. The van der Waals surface area contributed by atoms with Crippen LogP contribution < -0.4 is 4.57 Å².